The van der Waals surface area contributed by atoms with Gasteiger partial charge in [-0.25, -0.2) is 18.6 Å². The normalized spacial score (nSPS) is 19.7. The van der Waals surface area contributed by atoms with Crippen LogP contribution in [-0.2, 0) is 10.9 Å². The van der Waals surface area contributed by atoms with Gasteiger partial charge in [-0.2, -0.15) is 18.2 Å². The molecule has 1 fully saturated rings. The number of likely N-dealkylation sites (tertiary alicyclic amines) is 1. The number of hydrogen-bond acceptors (Lipinski definition) is 5. The van der Waals surface area contributed by atoms with E-state index in [1.165, 1.54) is 0 Å². The zero-order valence-electron chi connectivity index (χ0n) is 16.4. The Labute approximate surface area is 186 Å². The molecule has 2 atom stereocenters. The Kier molecular flexibility index (Phi) is 6.27. The van der Waals surface area contributed by atoms with E-state index in [1.54, 1.807) is 20.8 Å². The minimum Gasteiger partial charge on any atom is -0.469 e. The molecule has 1 aromatic heterocycles. The van der Waals surface area contributed by atoms with Crippen molar-refractivity contribution in [2.24, 2.45) is 0 Å². The first-order valence-corrected chi connectivity index (χ1v) is 10.1. The molecule has 3 rings (SSSR count). The molecule has 1 amide bonds. The van der Waals surface area contributed by atoms with Gasteiger partial charge in [0.1, 0.15) is 11.1 Å². The number of hydrogen-bond donors (Lipinski definition) is 0. The summed E-state index contributed by atoms with van der Waals surface area (Å²) in [7, 11) is 0. The van der Waals surface area contributed by atoms with E-state index in [0.717, 1.165) is 4.90 Å². The maximum absolute atomic E-state index is 14.6. The lowest BCUT2D eigenvalue weighted by molar-refractivity contribution is -0.138. The van der Waals surface area contributed by atoms with Crippen molar-refractivity contribution in [1.29, 1.82) is 0 Å². The topological polar surface area (TPSA) is 64.5 Å². The molecule has 2 heterocycles. The molecule has 0 saturated carbocycles. The number of nitrogens with zero attached hydrogens (tertiary/aromatic N) is 3. The maximum Gasteiger partial charge on any atom is 0.417 e. The number of alkyl halides is 4. The third-order valence-corrected chi connectivity index (χ3v) is 5.17. The van der Waals surface area contributed by atoms with Crippen LogP contribution in [0.3, 0.4) is 0 Å². The fourth-order valence-corrected chi connectivity index (χ4v) is 3.60. The van der Waals surface area contributed by atoms with Gasteiger partial charge < -0.3 is 14.4 Å². The van der Waals surface area contributed by atoms with E-state index < -0.39 is 68.1 Å². The number of benzene rings is 1. The molecule has 2 aromatic rings. The van der Waals surface area contributed by atoms with Gasteiger partial charge in [0.05, 0.1) is 28.5 Å². The molecule has 1 aromatic carbocycles. The highest BCUT2D eigenvalue weighted by molar-refractivity contribution is 9.10. The first-order chi connectivity index (χ1) is 14.2. The first kappa shape index (κ1) is 23.7. The Hall–Kier alpha value is -1.95. The summed E-state index contributed by atoms with van der Waals surface area (Å²) in [6.45, 7) is 4.31. The Balaban J connectivity index is 1.96. The third kappa shape index (κ3) is 5.11. The fraction of sp³-hybridized carbons (Fsp3) is 0.500. The lowest BCUT2D eigenvalue weighted by Crippen LogP contribution is -2.36. The summed E-state index contributed by atoms with van der Waals surface area (Å²) in [6.07, 6.45) is -8.66. The Morgan fingerprint density at radius 1 is 1.26 bits per heavy atom. The molecule has 6 nitrogen and oxygen atoms in total. The predicted octanol–water partition coefficient (Wildman–Crippen LogP) is 5.54. The van der Waals surface area contributed by atoms with E-state index in [2.05, 4.69) is 25.9 Å². The standard InChI is InChI=1S/C18H16BrClF5N3O3/c1-17(2,3)31-16(29)28-5-9(21)10(6-28)30-14-7-4-8(18(23,24)25)11(19)12(22)13(7)26-15(20)27-14/h4,9-10H,5-6H2,1-3H3. The third-order valence-electron chi connectivity index (χ3n) is 4.23. The summed E-state index contributed by atoms with van der Waals surface area (Å²) in [4.78, 5) is 20.5. The number of carbonyl (C=O) groups is 1. The second-order valence-corrected chi connectivity index (χ2v) is 8.93. The molecule has 13 heteroatoms. The smallest absolute Gasteiger partial charge is 0.417 e. The van der Waals surface area contributed by atoms with Gasteiger partial charge in [-0.1, -0.05) is 0 Å². The van der Waals surface area contributed by atoms with Gasteiger partial charge in [-0.05, 0) is 54.4 Å². The average molecular weight is 533 g/mol. The van der Waals surface area contributed by atoms with Gasteiger partial charge in [-0.15, -0.1) is 0 Å². The quantitative estimate of drug-likeness (QED) is 0.375. The number of rotatable bonds is 2. The molecule has 170 valence electrons. The molecular formula is C18H16BrClF5N3O3. The molecule has 0 bridgehead atoms. The summed E-state index contributed by atoms with van der Waals surface area (Å²) in [5, 5.41) is -0.953. The Morgan fingerprint density at radius 3 is 2.48 bits per heavy atom. The largest absolute Gasteiger partial charge is 0.469 e. The van der Waals surface area contributed by atoms with Crippen LogP contribution in [0.5, 0.6) is 5.88 Å². The summed E-state index contributed by atoms with van der Waals surface area (Å²) in [6, 6.07) is 0.585. The lowest BCUT2D eigenvalue weighted by Gasteiger charge is -2.24. The highest BCUT2D eigenvalue weighted by Gasteiger charge is 2.40. The van der Waals surface area contributed by atoms with Gasteiger partial charge >= 0.3 is 12.3 Å². The van der Waals surface area contributed by atoms with Crippen molar-refractivity contribution in [3.05, 3.63) is 27.2 Å². The van der Waals surface area contributed by atoms with Crippen LogP contribution in [0.1, 0.15) is 26.3 Å². The van der Waals surface area contributed by atoms with Crippen LogP contribution in [0.2, 0.25) is 5.28 Å². The van der Waals surface area contributed by atoms with Crippen molar-refractivity contribution in [3.63, 3.8) is 0 Å². The van der Waals surface area contributed by atoms with Gasteiger partial charge in [-0.3, -0.25) is 0 Å². The number of amides is 1. The number of aromatic nitrogens is 2. The maximum atomic E-state index is 14.6. The molecule has 31 heavy (non-hydrogen) atoms. The van der Waals surface area contributed by atoms with Crippen LogP contribution in [0.15, 0.2) is 10.5 Å². The van der Waals surface area contributed by atoms with Crippen molar-refractivity contribution in [2.45, 2.75) is 44.8 Å². The van der Waals surface area contributed by atoms with Crippen molar-refractivity contribution in [2.75, 3.05) is 13.1 Å². The van der Waals surface area contributed by atoms with Crippen LogP contribution in [-0.4, -0.2) is 51.9 Å². The number of fused-ring (bicyclic) bond motifs is 1. The first-order valence-electron chi connectivity index (χ1n) is 8.88. The van der Waals surface area contributed by atoms with Gasteiger partial charge in [0.2, 0.25) is 11.2 Å². The molecule has 0 spiro atoms. The Bertz CT molecular complexity index is 1030. The second-order valence-electron chi connectivity index (χ2n) is 7.80. The zero-order valence-corrected chi connectivity index (χ0v) is 18.7. The number of halogens is 7. The molecule has 0 N–H and O–H groups in total. The number of ether oxygens (including phenoxy) is 2. The van der Waals surface area contributed by atoms with Crippen molar-refractivity contribution in [3.8, 4) is 5.88 Å². The molecule has 1 aliphatic heterocycles. The SMILES string of the molecule is CC(C)(C)OC(=O)N1CC(F)C(Oc2nc(Cl)nc3c(F)c(Br)c(C(F)(F)F)cc23)C1. The van der Waals surface area contributed by atoms with Crippen molar-refractivity contribution < 1.29 is 36.2 Å². The number of carbonyl (C=O) groups excluding carboxylic acids is 1. The van der Waals surface area contributed by atoms with Gasteiger partial charge in [0.25, 0.3) is 0 Å². The summed E-state index contributed by atoms with van der Waals surface area (Å²) in [5.41, 5.74) is -2.67. The molecule has 0 aliphatic carbocycles. The van der Waals surface area contributed by atoms with E-state index in [9.17, 15) is 26.7 Å². The van der Waals surface area contributed by atoms with E-state index in [-0.39, 0.29) is 13.1 Å². The zero-order chi connectivity index (χ0) is 23.3. The van der Waals surface area contributed by atoms with Crippen molar-refractivity contribution in [1.82, 2.24) is 14.9 Å². The summed E-state index contributed by atoms with van der Waals surface area (Å²) < 4.78 is 78.7. The molecule has 1 aliphatic rings. The molecular weight excluding hydrogens is 517 g/mol. The molecule has 2 unspecified atom stereocenters. The fourth-order valence-electron chi connectivity index (χ4n) is 2.91. The predicted molar refractivity (Wildman–Crippen MR) is 104 cm³/mol. The summed E-state index contributed by atoms with van der Waals surface area (Å²) in [5.74, 6) is -1.86. The van der Waals surface area contributed by atoms with Crippen LogP contribution in [0.25, 0.3) is 10.9 Å². The van der Waals surface area contributed by atoms with Crippen LogP contribution in [0.4, 0.5) is 26.7 Å². The van der Waals surface area contributed by atoms with Crippen LogP contribution >= 0.6 is 27.5 Å². The van der Waals surface area contributed by atoms with Gasteiger partial charge in [0, 0.05) is 0 Å². The lowest BCUT2D eigenvalue weighted by atomic mass is 10.1. The monoisotopic (exact) mass is 531 g/mol. The minimum absolute atomic E-state index is 0.260. The van der Waals surface area contributed by atoms with E-state index in [1.807, 2.05) is 0 Å². The summed E-state index contributed by atoms with van der Waals surface area (Å²) >= 11 is 8.34. The molecule has 0 radical (unpaired) electrons. The Morgan fingerprint density at radius 2 is 1.90 bits per heavy atom. The van der Waals surface area contributed by atoms with Crippen LogP contribution < -0.4 is 4.74 Å². The van der Waals surface area contributed by atoms with E-state index in [0.29, 0.717) is 6.07 Å². The van der Waals surface area contributed by atoms with Crippen LogP contribution in [0, 0.1) is 5.82 Å². The van der Waals surface area contributed by atoms with E-state index in [4.69, 9.17) is 21.1 Å². The average Bonchev–Trinajstić information content (AvgIpc) is 2.97. The minimum atomic E-state index is -4.89. The molecule has 1 saturated heterocycles. The highest BCUT2D eigenvalue weighted by atomic mass is 79.9. The van der Waals surface area contributed by atoms with E-state index >= 15 is 0 Å². The second kappa shape index (κ2) is 8.19. The van der Waals surface area contributed by atoms with Gasteiger partial charge in [0.15, 0.2) is 18.1 Å². The highest BCUT2D eigenvalue weighted by Crippen LogP contribution is 2.41. The van der Waals surface area contributed by atoms with Crippen molar-refractivity contribution >= 4 is 44.5 Å².